The molecule has 0 unspecified atom stereocenters. The molecule has 2 N–H and O–H groups in total. The second kappa shape index (κ2) is 9.86. The fraction of sp³-hybridized carbons (Fsp3) is 0.263. The third-order valence-corrected chi connectivity index (χ3v) is 5.05. The zero-order chi connectivity index (χ0) is 20.6. The maximum Gasteiger partial charge on any atom is 0.331 e. The van der Waals surface area contributed by atoms with Crippen LogP contribution in [0.25, 0.3) is 6.08 Å². The lowest BCUT2D eigenvalue weighted by Crippen LogP contribution is -2.35. The Morgan fingerprint density at radius 3 is 2.54 bits per heavy atom. The zero-order valence-electron chi connectivity index (χ0n) is 15.5. The lowest BCUT2D eigenvalue weighted by atomic mass is 10.2. The molecular formula is C19H22N2O6S. The summed E-state index contributed by atoms with van der Waals surface area (Å²) in [6.45, 7) is 3.74. The Morgan fingerprint density at radius 1 is 1.21 bits per heavy atom. The number of benzene rings is 1. The molecule has 1 amide bonds. The summed E-state index contributed by atoms with van der Waals surface area (Å²) in [6.07, 6.45) is 3.21. The van der Waals surface area contributed by atoms with Gasteiger partial charge in [0.2, 0.25) is 10.0 Å². The molecule has 0 aliphatic rings. The Bertz CT molecular complexity index is 918. The molecule has 2 aromatic rings. The fourth-order valence-corrected chi connectivity index (χ4v) is 3.16. The second-order valence-corrected chi connectivity index (χ2v) is 7.55. The average Bonchev–Trinajstić information content (AvgIpc) is 3.19. The Kier molecular flexibility index (Phi) is 7.53. The minimum atomic E-state index is -3.69. The van der Waals surface area contributed by atoms with Gasteiger partial charge in [0.05, 0.1) is 17.7 Å². The molecule has 0 saturated heterocycles. The van der Waals surface area contributed by atoms with E-state index in [4.69, 9.17) is 9.15 Å². The van der Waals surface area contributed by atoms with Crippen molar-refractivity contribution in [2.75, 3.05) is 6.54 Å². The normalized spacial score (nSPS) is 12.6. The number of hydrogen-bond acceptors (Lipinski definition) is 6. The standard InChI is InChI=1S/C19H22N2O6S/c1-3-20-19(23)14(2)27-18(22)11-8-15-6-9-17(10-7-15)28(24,25)21-13-16-5-4-12-26-16/h4-12,14,21H,3,13H2,1-2H3,(H,20,23)/b11-8+/t14-/m0/s1. The average molecular weight is 406 g/mol. The minimum Gasteiger partial charge on any atom is -0.468 e. The van der Waals surface area contributed by atoms with Crippen molar-refractivity contribution in [2.24, 2.45) is 0 Å². The summed E-state index contributed by atoms with van der Waals surface area (Å²) in [6, 6.07) is 9.30. The molecule has 9 heteroatoms. The van der Waals surface area contributed by atoms with Crippen LogP contribution in [-0.4, -0.2) is 32.9 Å². The van der Waals surface area contributed by atoms with Crippen LogP contribution in [0.15, 0.2) is 58.1 Å². The number of furan rings is 1. The van der Waals surface area contributed by atoms with E-state index in [0.717, 1.165) is 0 Å². The molecule has 1 aromatic carbocycles. The topological polar surface area (TPSA) is 115 Å². The maximum atomic E-state index is 12.3. The monoisotopic (exact) mass is 406 g/mol. The summed E-state index contributed by atoms with van der Waals surface area (Å²) < 4.78 is 37.0. The Labute approximate surface area is 163 Å². The number of sulfonamides is 1. The largest absolute Gasteiger partial charge is 0.468 e. The van der Waals surface area contributed by atoms with E-state index in [9.17, 15) is 18.0 Å². The highest BCUT2D eigenvalue weighted by atomic mass is 32.2. The molecule has 8 nitrogen and oxygen atoms in total. The van der Waals surface area contributed by atoms with Crippen LogP contribution in [-0.2, 0) is 30.9 Å². The van der Waals surface area contributed by atoms with E-state index in [1.807, 2.05) is 0 Å². The highest BCUT2D eigenvalue weighted by molar-refractivity contribution is 7.89. The van der Waals surface area contributed by atoms with E-state index in [2.05, 4.69) is 10.0 Å². The number of nitrogens with one attached hydrogen (secondary N) is 2. The van der Waals surface area contributed by atoms with Gasteiger partial charge >= 0.3 is 5.97 Å². The third-order valence-electron chi connectivity index (χ3n) is 3.63. The first-order valence-corrected chi connectivity index (χ1v) is 10.1. The van der Waals surface area contributed by atoms with E-state index >= 15 is 0 Å². The maximum absolute atomic E-state index is 12.3. The molecule has 0 fully saturated rings. The summed E-state index contributed by atoms with van der Waals surface area (Å²) in [5.74, 6) is -0.542. The lowest BCUT2D eigenvalue weighted by molar-refractivity contribution is -0.150. The van der Waals surface area contributed by atoms with Gasteiger partial charge in [-0.2, -0.15) is 0 Å². The smallest absolute Gasteiger partial charge is 0.331 e. The molecular weight excluding hydrogens is 384 g/mol. The molecule has 2 rings (SSSR count). The van der Waals surface area contributed by atoms with E-state index in [1.54, 1.807) is 31.2 Å². The van der Waals surface area contributed by atoms with Gasteiger partial charge in [0.15, 0.2) is 6.10 Å². The highest BCUT2D eigenvalue weighted by Crippen LogP contribution is 2.13. The minimum absolute atomic E-state index is 0.0482. The third kappa shape index (κ3) is 6.36. The molecule has 0 radical (unpaired) electrons. The van der Waals surface area contributed by atoms with Crippen LogP contribution in [0.3, 0.4) is 0 Å². The molecule has 28 heavy (non-hydrogen) atoms. The summed E-state index contributed by atoms with van der Waals surface area (Å²) >= 11 is 0. The van der Waals surface area contributed by atoms with Gasteiger partial charge in [-0.3, -0.25) is 4.79 Å². The SMILES string of the molecule is CCNC(=O)[C@H](C)OC(=O)/C=C/c1ccc(S(=O)(=O)NCc2ccco2)cc1. The van der Waals surface area contributed by atoms with E-state index < -0.39 is 22.1 Å². The van der Waals surface area contributed by atoms with E-state index in [-0.39, 0.29) is 17.3 Å². The van der Waals surface area contributed by atoms with Crippen molar-refractivity contribution in [1.29, 1.82) is 0 Å². The first kappa shape index (κ1) is 21.4. The van der Waals surface area contributed by atoms with Crippen LogP contribution in [0.1, 0.15) is 25.2 Å². The van der Waals surface area contributed by atoms with Crippen molar-refractivity contribution in [2.45, 2.75) is 31.4 Å². The van der Waals surface area contributed by atoms with Crippen LogP contribution in [0.5, 0.6) is 0 Å². The molecule has 1 aromatic heterocycles. The molecule has 0 aliphatic carbocycles. The fourth-order valence-electron chi connectivity index (χ4n) is 2.17. The van der Waals surface area contributed by atoms with E-state index in [0.29, 0.717) is 17.9 Å². The Hall–Kier alpha value is -2.91. The van der Waals surface area contributed by atoms with Crippen LogP contribution >= 0.6 is 0 Å². The highest BCUT2D eigenvalue weighted by Gasteiger charge is 2.16. The van der Waals surface area contributed by atoms with Gasteiger partial charge in [0, 0.05) is 12.6 Å². The van der Waals surface area contributed by atoms with Crippen molar-refractivity contribution in [3.8, 4) is 0 Å². The first-order chi connectivity index (χ1) is 13.3. The molecule has 1 atom stereocenters. The van der Waals surface area contributed by atoms with Gasteiger partial charge < -0.3 is 14.5 Å². The number of ether oxygens (including phenoxy) is 1. The first-order valence-electron chi connectivity index (χ1n) is 8.60. The zero-order valence-corrected chi connectivity index (χ0v) is 16.4. The molecule has 150 valence electrons. The van der Waals surface area contributed by atoms with Crippen molar-refractivity contribution >= 4 is 28.0 Å². The van der Waals surface area contributed by atoms with Crippen LogP contribution in [0.2, 0.25) is 0 Å². The van der Waals surface area contributed by atoms with Crippen LogP contribution in [0.4, 0.5) is 0 Å². The number of likely N-dealkylation sites (N-methyl/N-ethyl adjacent to an activating group) is 1. The Morgan fingerprint density at radius 2 is 1.93 bits per heavy atom. The number of rotatable bonds is 9. The van der Waals surface area contributed by atoms with Gasteiger partial charge in [-0.25, -0.2) is 17.9 Å². The Balaban J connectivity index is 1.93. The van der Waals surface area contributed by atoms with Gasteiger partial charge in [-0.15, -0.1) is 0 Å². The van der Waals surface area contributed by atoms with Crippen LogP contribution in [0, 0.1) is 0 Å². The predicted octanol–water partition coefficient (Wildman–Crippen LogP) is 1.84. The quantitative estimate of drug-likeness (QED) is 0.485. The molecule has 1 heterocycles. The van der Waals surface area contributed by atoms with Gasteiger partial charge in [0.25, 0.3) is 5.91 Å². The van der Waals surface area contributed by atoms with Crippen molar-refractivity contribution < 1.29 is 27.2 Å². The lowest BCUT2D eigenvalue weighted by Gasteiger charge is -2.10. The van der Waals surface area contributed by atoms with Gasteiger partial charge in [-0.05, 0) is 49.8 Å². The van der Waals surface area contributed by atoms with Gasteiger partial charge in [0.1, 0.15) is 5.76 Å². The number of hydrogen-bond donors (Lipinski definition) is 2. The molecule has 0 spiro atoms. The van der Waals surface area contributed by atoms with Crippen molar-refractivity contribution in [3.63, 3.8) is 0 Å². The summed E-state index contributed by atoms with van der Waals surface area (Å²) in [5, 5.41) is 2.56. The van der Waals surface area contributed by atoms with Crippen LogP contribution < -0.4 is 10.0 Å². The predicted molar refractivity (Wildman–Crippen MR) is 102 cm³/mol. The van der Waals surface area contributed by atoms with Crippen molar-refractivity contribution in [1.82, 2.24) is 10.0 Å². The molecule has 0 bridgehead atoms. The number of amides is 1. The van der Waals surface area contributed by atoms with E-state index in [1.165, 1.54) is 37.5 Å². The molecule has 0 aliphatic heterocycles. The van der Waals surface area contributed by atoms with Gasteiger partial charge in [-0.1, -0.05) is 12.1 Å². The van der Waals surface area contributed by atoms with Crippen molar-refractivity contribution in [3.05, 3.63) is 60.1 Å². The summed E-state index contributed by atoms with van der Waals surface area (Å²) in [4.78, 5) is 23.4. The molecule has 0 saturated carbocycles. The number of esters is 1. The second-order valence-electron chi connectivity index (χ2n) is 5.78. The summed E-state index contributed by atoms with van der Waals surface area (Å²) in [7, 11) is -3.69. The number of carbonyl (C=O) groups is 2. The number of carbonyl (C=O) groups excluding carboxylic acids is 2. The summed E-state index contributed by atoms with van der Waals surface area (Å²) in [5.41, 5.74) is 0.604.